The van der Waals surface area contributed by atoms with E-state index in [1.54, 1.807) is 24.8 Å². The summed E-state index contributed by atoms with van der Waals surface area (Å²) in [5.74, 6) is -0.0790. The second kappa shape index (κ2) is 5.52. The van der Waals surface area contributed by atoms with Gasteiger partial charge in [-0.3, -0.25) is 9.78 Å². The second-order valence-electron chi connectivity index (χ2n) is 4.47. The molecule has 0 atom stereocenters. The predicted molar refractivity (Wildman–Crippen MR) is 75.5 cm³/mol. The summed E-state index contributed by atoms with van der Waals surface area (Å²) in [6.07, 6.45) is 7.74. The van der Waals surface area contributed by atoms with Crippen molar-refractivity contribution in [2.75, 3.05) is 6.54 Å². The summed E-state index contributed by atoms with van der Waals surface area (Å²) in [5.41, 5.74) is 2.51. The van der Waals surface area contributed by atoms with Gasteiger partial charge in [-0.1, -0.05) is 6.07 Å². The zero-order chi connectivity index (χ0) is 13.8. The molecule has 3 aromatic heterocycles. The summed E-state index contributed by atoms with van der Waals surface area (Å²) < 4.78 is 1.87. The van der Waals surface area contributed by atoms with E-state index in [4.69, 9.17) is 0 Å². The van der Waals surface area contributed by atoms with E-state index in [2.05, 4.69) is 15.3 Å². The van der Waals surface area contributed by atoms with E-state index in [-0.39, 0.29) is 5.91 Å². The number of rotatable bonds is 4. The number of nitrogens with zero attached hydrogens (tertiary/aromatic N) is 3. The number of hydrogen-bond acceptors (Lipinski definition) is 3. The van der Waals surface area contributed by atoms with Crippen molar-refractivity contribution < 1.29 is 4.79 Å². The number of imidazole rings is 1. The first-order valence-corrected chi connectivity index (χ1v) is 6.43. The molecule has 0 spiro atoms. The van der Waals surface area contributed by atoms with Crippen LogP contribution in [-0.4, -0.2) is 26.8 Å². The molecule has 0 fully saturated rings. The Morgan fingerprint density at radius 2 is 2.25 bits per heavy atom. The summed E-state index contributed by atoms with van der Waals surface area (Å²) in [7, 11) is 0. The SMILES string of the molecule is O=C(NCCc1ccccn1)c1ccn2cncc2c1. The molecule has 0 saturated carbocycles. The minimum atomic E-state index is -0.0790. The third kappa shape index (κ3) is 2.66. The van der Waals surface area contributed by atoms with Crippen LogP contribution in [0.1, 0.15) is 16.1 Å². The number of nitrogens with one attached hydrogen (secondary N) is 1. The molecule has 0 bridgehead atoms. The van der Waals surface area contributed by atoms with Crippen LogP contribution in [-0.2, 0) is 6.42 Å². The number of amides is 1. The fourth-order valence-corrected chi connectivity index (χ4v) is 2.01. The van der Waals surface area contributed by atoms with Crippen LogP contribution in [0, 0.1) is 0 Å². The number of pyridine rings is 2. The van der Waals surface area contributed by atoms with Crippen molar-refractivity contribution in [3.8, 4) is 0 Å². The molecular weight excluding hydrogens is 252 g/mol. The average molecular weight is 266 g/mol. The molecule has 3 aromatic rings. The van der Waals surface area contributed by atoms with Gasteiger partial charge in [0.25, 0.3) is 5.91 Å². The van der Waals surface area contributed by atoms with Crippen molar-refractivity contribution in [2.24, 2.45) is 0 Å². The monoisotopic (exact) mass is 266 g/mol. The van der Waals surface area contributed by atoms with Crippen LogP contribution >= 0.6 is 0 Å². The molecule has 0 aliphatic carbocycles. The molecule has 1 N–H and O–H groups in total. The topological polar surface area (TPSA) is 59.3 Å². The van der Waals surface area contributed by atoms with Gasteiger partial charge in [-0.25, -0.2) is 4.98 Å². The largest absolute Gasteiger partial charge is 0.352 e. The highest BCUT2D eigenvalue weighted by molar-refractivity contribution is 5.95. The Morgan fingerprint density at radius 1 is 1.30 bits per heavy atom. The predicted octanol–water partition coefficient (Wildman–Crippen LogP) is 1.70. The molecule has 5 heteroatoms. The van der Waals surface area contributed by atoms with E-state index in [9.17, 15) is 4.79 Å². The molecule has 20 heavy (non-hydrogen) atoms. The Morgan fingerprint density at radius 3 is 3.10 bits per heavy atom. The third-order valence-electron chi connectivity index (χ3n) is 3.07. The molecule has 1 amide bonds. The Bertz CT molecular complexity index is 721. The van der Waals surface area contributed by atoms with Crippen molar-refractivity contribution in [3.63, 3.8) is 0 Å². The van der Waals surface area contributed by atoms with E-state index in [0.29, 0.717) is 12.1 Å². The van der Waals surface area contributed by atoms with Gasteiger partial charge in [-0.2, -0.15) is 0 Å². The van der Waals surface area contributed by atoms with Crippen molar-refractivity contribution in [3.05, 3.63) is 66.5 Å². The number of carbonyl (C=O) groups excluding carboxylic acids is 1. The lowest BCUT2D eigenvalue weighted by Gasteiger charge is -2.05. The summed E-state index contributed by atoms with van der Waals surface area (Å²) in [6, 6.07) is 9.37. The molecule has 0 aromatic carbocycles. The van der Waals surface area contributed by atoms with Crippen molar-refractivity contribution in [1.82, 2.24) is 19.7 Å². The summed E-state index contributed by atoms with van der Waals surface area (Å²) in [4.78, 5) is 20.3. The first-order valence-electron chi connectivity index (χ1n) is 6.43. The van der Waals surface area contributed by atoms with Gasteiger partial charge >= 0.3 is 0 Å². The van der Waals surface area contributed by atoms with E-state index < -0.39 is 0 Å². The fourth-order valence-electron chi connectivity index (χ4n) is 2.01. The van der Waals surface area contributed by atoms with Gasteiger partial charge in [0.2, 0.25) is 0 Å². The van der Waals surface area contributed by atoms with Crippen molar-refractivity contribution in [1.29, 1.82) is 0 Å². The third-order valence-corrected chi connectivity index (χ3v) is 3.07. The summed E-state index contributed by atoms with van der Waals surface area (Å²) >= 11 is 0. The quantitative estimate of drug-likeness (QED) is 0.782. The molecule has 5 nitrogen and oxygen atoms in total. The molecule has 0 saturated heterocycles. The maximum atomic E-state index is 12.0. The van der Waals surface area contributed by atoms with Crippen molar-refractivity contribution in [2.45, 2.75) is 6.42 Å². The van der Waals surface area contributed by atoms with Crippen LogP contribution in [0.3, 0.4) is 0 Å². The van der Waals surface area contributed by atoms with Crippen LogP contribution < -0.4 is 5.32 Å². The number of carbonyl (C=O) groups is 1. The summed E-state index contributed by atoms with van der Waals surface area (Å²) in [6.45, 7) is 0.570. The van der Waals surface area contributed by atoms with Gasteiger partial charge in [0.1, 0.15) is 0 Å². The van der Waals surface area contributed by atoms with E-state index in [1.165, 1.54) is 0 Å². The standard InChI is InChI=1S/C15H14N4O/c20-15(18-7-4-13-3-1-2-6-17-13)12-5-8-19-11-16-10-14(19)9-12/h1-3,5-6,8-11H,4,7H2,(H,18,20). The molecule has 100 valence electrons. The normalized spacial score (nSPS) is 10.6. The maximum absolute atomic E-state index is 12.0. The average Bonchev–Trinajstić information content (AvgIpc) is 2.95. The Balaban J connectivity index is 1.61. The number of aromatic nitrogens is 3. The van der Waals surface area contributed by atoms with Gasteiger partial charge in [0.15, 0.2) is 0 Å². The van der Waals surface area contributed by atoms with Crippen LogP contribution in [0.25, 0.3) is 5.52 Å². The highest BCUT2D eigenvalue weighted by Crippen LogP contribution is 2.06. The maximum Gasteiger partial charge on any atom is 0.251 e. The van der Waals surface area contributed by atoms with Gasteiger partial charge in [-0.15, -0.1) is 0 Å². The lowest BCUT2D eigenvalue weighted by atomic mass is 10.2. The molecule has 0 unspecified atom stereocenters. The van der Waals surface area contributed by atoms with E-state index in [0.717, 1.165) is 17.6 Å². The molecule has 3 rings (SSSR count). The number of fused-ring (bicyclic) bond motifs is 1. The molecule has 0 aliphatic rings. The molecule has 0 aliphatic heterocycles. The van der Waals surface area contributed by atoms with Crippen LogP contribution in [0.4, 0.5) is 0 Å². The molecule has 3 heterocycles. The second-order valence-corrected chi connectivity index (χ2v) is 4.47. The van der Waals surface area contributed by atoms with Crippen LogP contribution in [0.2, 0.25) is 0 Å². The summed E-state index contributed by atoms with van der Waals surface area (Å²) in [5, 5.41) is 2.90. The highest BCUT2D eigenvalue weighted by Gasteiger charge is 2.06. The van der Waals surface area contributed by atoms with Crippen LogP contribution in [0.5, 0.6) is 0 Å². The highest BCUT2D eigenvalue weighted by atomic mass is 16.1. The Kier molecular flexibility index (Phi) is 3.41. The van der Waals surface area contributed by atoms with Gasteiger partial charge in [-0.05, 0) is 24.3 Å². The van der Waals surface area contributed by atoms with Crippen molar-refractivity contribution >= 4 is 11.4 Å². The fraction of sp³-hybridized carbons (Fsp3) is 0.133. The van der Waals surface area contributed by atoms with E-state index >= 15 is 0 Å². The first kappa shape index (κ1) is 12.3. The lowest BCUT2D eigenvalue weighted by molar-refractivity contribution is 0.0954. The minimum Gasteiger partial charge on any atom is -0.352 e. The Labute approximate surface area is 116 Å². The zero-order valence-corrected chi connectivity index (χ0v) is 10.9. The van der Waals surface area contributed by atoms with Gasteiger partial charge in [0.05, 0.1) is 18.0 Å². The van der Waals surface area contributed by atoms with Gasteiger partial charge in [0, 0.05) is 36.6 Å². The zero-order valence-electron chi connectivity index (χ0n) is 10.9. The first-order chi connectivity index (χ1) is 9.83. The lowest BCUT2D eigenvalue weighted by Crippen LogP contribution is -2.25. The Hall–Kier alpha value is -2.69. The molecular formula is C15H14N4O. The molecule has 0 radical (unpaired) electrons. The number of hydrogen-bond donors (Lipinski definition) is 1. The minimum absolute atomic E-state index is 0.0790. The van der Waals surface area contributed by atoms with E-state index in [1.807, 2.05) is 34.9 Å². The van der Waals surface area contributed by atoms with Gasteiger partial charge < -0.3 is 9.72 Å². The smallest absolute Gasteiger partial charge is 0.251 e. The van der Waals surface area contributed by atoms with Crippen LogP contribution in [0.15, 0.2) is 55.2 Å².